The highest BCUT2D eigenvalue weighted by molar-refractivity contribution is 8.13. The van der Waals surface area contributed by atoms with Gasteiger partial charge >= 0.3 is 6.22 Å². The van der Waals surface area contributed by atoms with Crippen molar-refractivity contribution >= 4 is 28.9 Å². The first-order valence-corrected chi connectivity index (χ1v) is 7.86. The number of Topliss-reactive ketones (excluding diaryl/α,β-unsaturated/α-hetero) is 1. The maximum atomic E-state index is 12.1. The number of benzene rings is 1. The zero-order valence-electron chi connectivity index (χ0n) is 12.4. The number of ketones is 1. The first-order chi connectivity index (χ1) is 10.3. The van der Waals surface area contributed by atoms with Crippen LogP contribution < -0.4 is 5.73 Å². The van der Waals surface area contributed by atoms with E-state index < -0.39 is 18.2 Å². The minimum atomic E-state index is -1.86. The fourth-order valence-electron chi connectivity index (χ4n) is 1.87. The number of hydrogen-bond acceptors (Lipinski definition) is 6. The molecule has 0 aliphatic carbocycles. The monoisotopic (exact) mass is 327 g/mol. The lowest BCUT2D eigenvalue weighted by Crippen LogP contribution is -2.29. The maximum Gasteiger partial charge on any atom is 0.495 e. The summed E-state index contributed by atoms with van der Waals surface area (Å²) in [5.74, 6) is -0.923. The van der Waals surface area contributed by atoms with Crippen molar-refractivity contribution in [3.8, 4) is 0 Å². The highest BCUT2D eigenvalue weighted by Crippen LogP contribution is 2.16. The summed E-state index contributed by atoms with van der Waals surface area (Å²) in [5.41, 5.74) is 6.97. The van der Waals surface area contributed by atoms with E-state index in [0.717, 1.165) is 17.3 Å². The molecule has 0 spiro atoms. The predicted molar refractivity (Wildman–Crippen MR) is 82.6 cm³/mol. The SMILES string of the molecule is CSC(=O)C(C)C(=O)c1ccc(CC(N)COC(=O)F)cc1. The molecule has 1 rings (SSSR count). The molecule has 0 amide bonds. The van der Waals surface area contributed by atoms with Crippen molar-refractivity contribution in [3.63, 3.8) is 0 Å². The first kappa shape index (κ1) is 18.3. The second-order valence-electron chi connectivity index (χ2n) is 4.82. The lowest BCUT2D eigenvalue weighted by molar-refractivity contribution is -0.112. The van der Waals surface area contributed by atoms with E-state index in [1.54, 1.807) is 37.4 Å². The van der Waals surface area contributed by atoms with Crippen molar-refractivity contribution in [2.24, 2.45) is 11.7 Å². The van der Waals surface area contributed by atoms with E-state index in [1.165, 1.54) is 0 Å². The Morgan fingerprint density at radius 2 is 1.86 bits per heavy atom. The molecule has 1 aromatic carbocycles. The predicted octanol–water partition coefficient (Wildman–Crippen LogP) is 2.37. The second-order valence-corrected chi connectivity index (χ2v) is 5.63. The number of nitrogens with two attached hydrogens (primary N) is 1. The van der Waals surface area contributed by atoms with Crippen LogP contribution in [0.1, 0.15) is 22.8 Å². The average Bonchev–Trinajstić information content (AvgIpc) is 2.51. The van der Waals surface area contributed by atoms with E-state index >= 15 is 0 Å². The summed E-state index contributed by atoms with van der Waals surface area (Å²) < 4.78 is 16.1. The van der Waals surface area contributed by atoms with Gasteiger partial charge in [0, 0.05) is 11.6 Å². The summed E-state index contributed by atoms with van der Waals surface area (Å²) in [5, 5.41) is -0.177. The molecule has 0 aliphatic heterocycles. The zero-order chi connectivity index (χ0) is 16.7. The molecule has 0 bridgehead atoms. The molecule has 0 aromatic heterocycles. The van der Waals surface area contributed by atoms with Crippen LogP contribution in [0.3, 0.4) is 0 Å². The van der Waals surface area contributed by atoms with Crippen LogP contribution >= 0.6 is 11.8 Å². The molecular formula is C15H18FNO4S. The summed E-state index contributed by atoms with van der Waals surface area (Å²) in [6.45, 7) is 1.37. The molecule has 2 atom stereocenters. The summed E-state index contributed by atoms with van der Waals surface area (Å²) in [7, 11) is 0. The lowest BCUT2D eigenvalue weighted by Gasteiger charge is -2.11. The van der Waals surface area contributed by atoms with Gasteiger partial charge in [0.1, 0.15) is 6.61 Å². The van der Waals surface area contributed by atoms with Crippen LogP contribution in [0.5, 0.6) is 0 Å². The highest BCUT2D eigenvalue weighted by atomic mass is 32.2. The Hall–Kier alpha value is -1.73. The fraction of sp³-hybridized carbons (Fsp3) is 0.400. The Bertz CT molecular complexity index is 547. The zero-order valence-corrected chi connectivity index (χ0v) is 13.2. The largest absolute Gasteiger partial charge is 0.495 e. The van der Waals surface area contributed by atoms with Crippen LogP contribution in [0.25, 0.3) is 0 Å². The van der Waals surface area contributed by atoms with Crippen LogP contribution in [0, 0.1) is 5.92 Å². The molecule has 5 nitrogen and oxygen atoms in total. The number of carbonyl (C=O) groups is 3. The topological polar surface area (TPSA) is 86.5 Å². The van der Waals surface area contributed by atoms with Gasteiger partial charge in [0.15, 0.2) is 10.9 Å². The van der Waals surface area contributed by atoms with Gasteiger partial charge in [-0.15, -0.1) is 4.39 Å². The summed E-state index contributed by atoms with van der Waals surface area (Å²) in [6, 6.07) is 6.13. The van der Waals surface area contributed by atoms with Gasteiger partial charge < -0.3 is 10.5 Å². The minimum absolute atomic E-state index is 0.177. The third-order valence-electron chi connectivity index (χ3n) is 3.10. The minimum Gasteiger partial charge on any atom is -0.439 e. The molecule has 0 aliphatic rings. The Kier molecular flexibility index (Phi) is 7.20. The Labute approximate surface area is 132 Å². The van der Waals surface area contributed by atoms with Gasteiger partial charge in [-0.3, -0.25) is 9.59 Å². The quantitative estimate of drug-likeness (QED) is 0.470. The van der Waals surface area contributed by atoms with Crippen LogP contribution in [0.2, 0.25) is 0 Å². The number of ether oxygens (including phenoxy) is 1. The number of carbonyl (C=O) groups excluding carboxylic acids is 3. The summed E-state index contributed by atoms with van der Waals surface area (Å²) >= 11 is 1.03. The Morgan fingerprint density at radius 1 is 1.27 bits per heavy atom. The molecule has 120 valence electrons. The van der Waals surface area contributed by atoms with Gasteiger partial charge in [0.05, 0.1) is 5.92 Å². The molecular weight excluding hydrogens is 309 g/mol. The van der Waals surface area contributed by atoms with Crippen molar-refractivity contribution in [1.29, 1.82) is 0 Å². The molecule has 1 aromatic rings. The van der Waals surface area contributed by atoms with E-state index in [9.17, 15) is 18.8 Å². The Morgan fingerprint density at radius 3 is 2.36 bits per heavy atom. The standard InChI is InChI=1S/C15H18FNO4S/c1-9(14(19)22-2)13(18)11-5-3-10(4-6-11)7-12(17)8-21-15(16)20/h3-6,9,12H,7-8,17H2,1-2H3. The first-order valence-electron chi connectivity index (χ1n) is 6.64. The van der Waals surface area contributed by atoms with Gasteiger partial charge in [-0.2, -0.15) is 0 Å². The normalized spacial score (nSPS) is 13.3. The van der Waals surface area contributed by atoms with Crippen molar-refractivity contribution in [2.45, 2.75) is 19.4 Å². The van der Waals surface area contributed by atoms with Gasteiger partial charge in [-0.1, -0.05) is 36.0 Å². The van der Waals surface area contributed by atoms with Crippen molar-refractivity contribution in [3.05, 3.63) is 35.4 Å². The van der Waals surface area contributed by atoms with Gasteiger partial charge in [-0.25, -0.2) is 4.79 Å². The molecule has 0 radical (unpaired) electrons. The van der Waals surface area contributed by atoms with Crippen molar-refractivity contribution in [1.82, 2.24) is 0 Å². The molecule has 0 saturated carbocycles. The molecule has 2 unspecified atom stereocenters. The third-order valence-corrected chi connectivity index (χ3v) is 3.85. The molecule has 2 N–H and O–H groups in total. The van der Waals surface area contributed by atoms with Crippen molar-refractivity contribution in [2.75, 3.05) is 12.9 Å². The van der Waals surface area contributed by atoms with E-state index in [2.05, 4.69) is 4.74 Å². The third kappa shape index (κ3) is 5.57. The van der Waals surface area contributed by atoms with Gasteiger partial charge in [-0.05, 0) is 25.2 Å². The number of rotatable bonds is 7. The van der Waals surface area contributed by atoms with Crippen LogP contribution in [0.4, 0.5) is 9.18 Å². The molecule has 22 heavy (non-hydrogen) atoms. The lowest BCUT2D eigenvalue weighted by atomic mass is 9.98. The van der Waals surface area contributed by atoms with E-state index in [0.29, 0.717) is 12.0 Å². The van der Waals surface area contributed by atoms with E-state index in [1.807, 2.05) is 0 Å². The molecule has 0 heterocycles. The molecule has 7 heteroatoms. The number of hydrogen-bond donors (Lipinski definition) is 1. The van der Waals surface area contributed by atoms with Crippen molar-refractivity contribution < 1.29 is 23.5 Å². The second kappa shape index (κ2) is 8.65. The number of halogens is 1. The van der Waals surface area contributed by atoms with E-state index in [-0.39, 0.29) is 17.5 Å². The fourth-order valence-corrected chi connectivity index (χ4v) is 2.33. The summed E-state index contributed by atoms with van der Waals surface area (Å²) in [4.78, 5) is 33.7. The molecule has 0 fully saturated rings. The highest BCUT2D eigenvalue weighted by Gasteiger charge is 2.21. The Balaban J connectivity index is 2.64. The van der Waals surface area contributed by atoms with E-state index in [4.69, 9.17) is 5.73 Å². The smallest absolute Gasteiger partial charge is 0.439 e. The van der Waals surface area contributed by atoms with Crippen LogP contribution in [-0.2, 0) is 16.0 Å². The molecule has 0 saturated heterocycles. The maximum absolute atomic E-state index is 12.1. The van der Waals surface area contributed by atoms with Crippen LogP contribution in [-0.4, -0.2) is 36.0 Å². The number of thioether (sulfide) groups is 1. The van der Waals surface area contributed by atoms with Gasteiger partial charge in [0.25, 0.3) is 0 Å². The van der Waals surface area contributed by atoms with Gasteiger partial charge in [0.2, 0.25) is 0 Å². The average molecular weight is 327 g/mol. The van der Waals surface area contributed by atoms with Crippen LogP contribution in [0.15, 0.2) is 24.3 Å². The summed E-state index contributed by atoms with van der Waals surface area (Å²) in [6.07, 6.45) is 0.158.